The van der Waals surface area contributed by atoms with Crippen LogP contribution in [0.15, 0.2) is 40.9 Å². The number of fused-ring (bicyclic) bond motifs is 1. The van der Waals surface area contributed by atoms with Crippen molar-refractivity contribution in [3.63, 3.8) is 0 Å². The van der Waals surface area contributed by atoms with Crippen molar-refractivity contribution in [2.75, 3.05) is 12.4 Å². The summed E-state index contributed by atoms with van der Waals surface area (Å²) in [5, 5.41) is 5.76. The molecule has 1 aliphatic heterocycles. The molecule has 2 aromatic carbocycles. The molecule has 2 aromatic rings. The Balaban J connectivity index is 1.93. The van der Waals surface area contributed by atoms with E-state index in [1.807, 2.05) is 6.07 Å². The first kappa shape index (κ1) is 14.0. The molecule has 1 aliphatic rings. The second kappa shape index (κ2) is 5.46. The molecule has 0 aliphatic carbocycles. The molecular formula is C15H12BrFN2O2. The molecule has 1 heterocycles. The van der Waals surface area contributed by atoms with Gasteiger partial charge in [0.15, 0.2) is 0 Å². The highest BCUT2D eigenvalue weighted by molar-refractivity contribution is 9.10. The van der Waals surface area contributed by atoms with Crippen molar-refractivity contribution in [2.45, 2.75) is 6.04 Å². The highest BCUT2D eigenvalue weighted by Gasteiger charge is 2.30. The SMILES string of the molecule is CNC1C(=O)Nc2cc(Oc3ccc(F)cc3)c(Br)cc21. The molecule has 0 fully saturated rings. The van der Waals surface area contributed by atoms with Gasteiger partial charge in [-0.2, -0.15) is 0 Å². The molecule has 1 amide bonds. The Bertz CT molecular complexity index is 704. The number of hydrogen-bond acceptors (Lipinski definition) is 3. The monoisotopic (exact) mass is 350 g/mol. The predicted molar refractivity (Wildman–Crippen MR) is 81.0 cm³/mol. The molecule has 21 heavy (non-hydrogen) atoms. The van der Waals surface area contributed by atoms with Crippen molar-refractivity contribution in [2.24, 2.45) is 0 Å². The van der Waals surface area contributed by atoms with Gasteiger partial charge in [-0.3, -0.25) is 4.79 Å². The molecule has 0 bridgehead atoms. The van der Waals surface area contributed by atoms with Crippen molar-refractivity contribution in [1.29, 1.82) is 0 Å². The number of ether oxygens (including phenoxy) is 1. The summed E-state index contributed by atoms with van der Waals surface area (Å²) >= 11 is 3.43. The summed E-state index contributed by atoms with van der Waals surface area (Å²) in [6, 6.07) is 8.97. The molecule has 4 nitrogen and oxygen atoms in total. The fraction of sp³-hybridized carbons (Fsp3) is 0.133. The second-order valence-corrected chi connectivity index (χ2v) is 5.49. The molecule has 0 aromatic heterocycles. The van der Waals surface area contributed by atoms with Gasteiger partial charge in [0.05, 0.1) is 4.47 Å². The van der Waals surface area contributed by atoms with Crippen molar-refractivity contribution in [1.82, 2.24) is 5.32 Å². The van der Waals surface area contributed by atoms with Crippen LogP contribution in [-0.2, 0) is 4.79 Å². The summed E-state index contributed by atoms with van der Waals surface area (Å²) < 4.78 is 19.3. The number of hydrogen-bond donors (Lipinski definition) is 2. The van der Waals surface area contributed by atoms with E-state index in [0.717, 1.165) is 10.0 Å². The maximum atomic E-state index is 12.9. The van der Waals surface area contributed by atoms with Gasteiger partial charge in [0.2, 0.25) is 5.91 Å². The topological polar surface area (TPSA) is 50.4 Å². The van der Waals surface area contributed by atoms with Crippen LogP contribution in [0.4, 0.5) is 10.1 Å². The van der Waals surface area contributed by atoms with Gasteiger partial charge in [0.1, 0.15) is 23.4 Å². The molecular weight excluding hydrogens is 339 g/mol. The maximum absolute atomic E-state index is 12.9. The van der Waals surface area contributed by atoms with Gasteiger partial charge < -0.3 is 15.4 Å². The number of halogens is 2. The van der Waals surface area contributed by atoms with Gasteiger partial charge >= 0.3 is 0 Å². The van der Waals surface area contributed by atoms with E-state index in [1.165, 1.54) is 12.1 Å². The molecule has 3 rings (SSSR count). The van der Waals surface area contributed by atoms with Crippen LogP contribution in [0.5, 0.6) is 11.5 Å². The number of carbonyl (C=O) groups excluding carboxylic acids is 1. The van der Waals surface area contributed by atoms with E-state index in [2.05, 4.69) is 26.6 Å². The summed E-state index contributed by atoms with van der Waals surface area (Å²) in [5.41, 5.74) is 1.57. The Morgan fingerprint density at radius 1 is 1.29 bits per heavy atom. The molecule has 0 saturated heterocycles. The van der Waals surface area contributed by atoms with Crippen molar-refractivity contribution in [3.8, 4) is 11.5 Å². The number of benzene rings is 2. The standard InChI is InChI=1S/C15H12BrFN2O2/c1-18-14-10-6-11(16)13(7-12(10)19-15(14)20)21-9-4-2-8(17)3-5-9/h2-7,14,18H,1H3,(H,19,20). The first-order chi connectivity index (χ1) is 10.1. The minimum atomic E-state index is -0.365. The zero-order valence-electron chi connectivity index (χ0n) is 11.1. The Labute approximate surface area is 129 Å². The highest BCUT2D eigenvalue weighted by Crippen LogP contribution is 2.40. The van der Waals surface area contributed by atoms with Crippen molar-refractivity contribution < 1.29 is 13.9 Å². The minimum Gasteiger partial charge on any atom is -0.456 e. The van der Waals surface area contributed by atoms with Crippen LogP contribution in [0.25, 0.3) is 0 Å². The Kier molecular flexibility index (Phi) is 3.65. The second-order valence-electron chi connectivity index (χ2n) is 4.64. The van der Waals surface area contributed by atoms with Crippen LogP contribution >= 0.6 is 15.9 Å². The molecule has 0 radical (unpaired) electrons. The zero-order valence-corrected chi connectivity index (χ0v) is 12.7. The summed E-state index contributed by atoms with van der Waals surface area (Å²) in [5.74, 6) is 0.654. The average Bonchev–Trinajstić information content (AvgIpc) is 2.76. The van der Waals surface area contributed by atoms with E-state index < -0.39 is 0 Å². The van der Waals surface area contributed by atoms with Crippen LogP contribution in [0, 0.1) is 5.82 Å². The molecule has 0 saturated carbocycles. The van der Waals surface area contributed by atoms with Crippen LogP contribution in [-0.4, -0.2) is 13.0 Å². The summed E-state index contributed by atoms with van der Waals surface area (Å²) in [7, 11) is 1.73. The summed E-state index contributed by atoms with van der Waals surface area (Å²) in [6.45, 7) is 0. The third-order valence-corrected chi connectivity index (χ3v) is 3.88. The van der Waals surface area contributed by atoms with E-state index in [4.69, 9.17) is 4.74 Å². The molecule has 2 N–H and O–H groups in total. The fourth-order valence-corrected chi connectivity index (χ4v) is 2.70. The number of carbonyl (C=O) groups is 1. The predicted octanol–water partition coefficient (Wildman–Crippen LogP) is 3.59. The van der Waals surface area contributed by atoms with Crippen LogP contribution in [0.3, 0.4) is 0 Å². The van der Waals surface area contributed by atoms with Gasteiger partial charge in [-0.1, -0.05) is 0 Å². The van der Waals surface area contributed by atoms with Gasteiger partial charge in [0, 0.05) is 17.3 Å². The lowest BCUT2D eigenvalue weighted by Crippen LogP contribution is -2.23. The van der Waals surface area contributed by atoms with Crippen LogP contribution in [0.1, 0.15) is 11.6 Å². The number of likely N-dealkylation sites (N-methyl/N-ethyl adjacent to an activating group) is 1. The number of amides is 1. The van der Waals surface area contributed by atoms with Gasteiger partial charge in [0.25, 0.3) is 0 Å². The fourth-order valence-electron chi connectivity index (χ4n) is 2.26. The number of rotatable bonds is 3. The zero-order chi connectivity index (χ0) is 15.0. The molecule has 1 unspecified atom stereocenters. The van der Waals surface area contributed by atoms with Gasteiger partial charge in [-0.25, -0.2) is 4.39 Å². The summed E-state index contributed by atoms with van der Waals surface area (Å²) in [4.78, 5) is 11.8. The maximum Gasteiger partial charge on any atom is 0.246 e. The van der Waals surface area contributed by atoms with Gasteiger partial charge in [-0.15, -0.1) is 0 Å². The third kappa shape index (κ3) is 2.64. The van der Waals surface area contributed by atoms with E-state index in [1.54, 1.807) is 25.2 Å². The Morgan fingerprint density at radius 2 is 2.00 bits per heavy atom. The molecule has 0 spiro atoms. The average molecular weight is 351 g/mol. The van der Waals surface area contributed by atoms with E-state index in [-0.39, 0.29) is 17.8 Å². The highest BCUT2D eigenvalue weighted by atomic mass is 79.9. The van der Waals surface area contributed by atoms with Crippen molar-refractivity contribution in [3.05, 3.63) is 52.3 Å². The lowest BCUT2D eigenvalue weighted by atomic mass is 10.1. The third-order valence-electron chi connectivity index (χ3n) is 3.27. The molecule has 6 heteroatoms. The Morgan fingerprint density at radius 3 is 2.67 bits per heavy atom. The minimum absolute atomic E-state index is 0.0988. The van der Waals surface area contributed by atoms with Crippen molar-refractivity contribution >= 4 is 27.5 Å². The quantitative estimate of drug-likeness (QED) is 0.889. The number of anilines is 1. The van der Waals surface area contributed by atoms with E-state index >= 15 is 0 Å². The molecule has 108 valence electrons. The lowest BCUT2D eigenvalue weighted by Gasteiger charge is -2.11. The van der Waals surface area contributed by atoms with E-state index in [9.17, 15) is 9.18 Å². The largest absolute Gasteiger partial charge is 0.456 e. The van der Waals surface area contributed by atoms with Gasteiger partial charge in [-0.05, 0) is 53.3 Å². The first-order valence-electron chi connectivity index (χ1n) is 6.33. The lowest BCUT2D eigenvalue weighted by molar-refractivity contribution is -0.117. The van der Waals surface area contributed by atoms with E-state index in [0.29, 0.717) is 17.2 Å². The first-order valence-corrected chi connectivity index (χ1v) is 7.13. The van der Waals surface area contributed by atoms with Crippen LogP contribution in [0.2, 0.25) is 0 Å². The smallest absolute Gasteiger partial charge is 0.246 e. The number of nitrogens with one attached hydrogen (secondary N) is 2. The Hall–Kier alpha value is -1.92. The summed E-state index contributed by atoms with van der Waals surface area (Å²) in [6.07, 6.45) is 0. The molecule has 1 atom stereocenters. The normalized spacial score (nSPS) is 16.5. The van der Waals surface area contributed by atoms with Crippen LogP contribution < -0.4 is 15.4 Å².